The van der Waals surface area contributed by atoms with E-state index in [1.54, 1.807) is 11.3 Å². The molecule has 4 rings (SSSR count). The van der Waals surface area contributed by atoms with E-state index in [0.29, 0.717) is 0 Å². The van der Waals surface area contributed by atoms with Crippen LogP contribution in [-0.2, 0) is 0 Å². The SMILES string of the molecule is c1nc(-c2ccc(N3CCCC3)cc2N2CCCC2)cs1. The van der Waals surface area contributed by atoms with E-state index in [1.165, 1.54) is 68.8 Å². The number of rotatable bonds is 3. The molecule has 0 bridgehead atoms. The third kappa shape index (κ3) is 2.53. The van der Waals surface area contributed by atoms with Crippen molar-refractivity contribution in [1.82, 2.24) is 4.98 Å². The van der Waals surface area contributed by atoms with Gasteiger partial charge in [0.05, 0.1) is 11.2 Å². The standard InChI is InChI=1S/C17H21N3S/c1-2-8-19(7-1)14-5-6-15(16-12-21-13-18-16)17(11-14)20-9-3-4-10-20/h5-6,11-13H,1-4,7-10H2. The van der Waals surface area contributed by atoms with Gasteiger partial charge in [0.15, 0.2) is 0 Å². The van der Waals surface area contributed by atoms with Crippen molar-refractivity contribution in [1.29, 1.82) is 0 Å². The van der Waals surface area contributed by atoms with Crippen LogP contribution >= 0.6 is 11.3 Å². The van der Waals surface area contributed by atoms with Gasteiger partial charge in [-0.15, -0.1) is 11.3 Å². The van der Waals surface area contributed by atoms with Crippen LogP contribution in [0.15, 0.2) is 29.1 Å². The molecule has 0 unspecified atom stereocenters. The van der Waals surface area contributed by atoms with Gasteiger partial charge in [-0.3, -0.25) is 0 Å². The summed E-state index contributed by atoms with van der Waals surface area (Å²) in [5.41, 5.74) is 7.10. The lowest BCUT2D eigenvalue weighted by molar-refractivity contribution is 0.949. The van der Waals surface area contributed by atoms with Crippen molar-refractivity contribution in [2.75, 3.05) is 36.0 Å². The molecule has 2 saturated heterocycles. The number of benzene rings is 1. The molecule has 2 aliphatic rings. The highest BCUT2D eigenvalue weighted by molar-refractivity contribution is 7.07. The molecule has 1 aromatic carbocycles. The highest BCUT2D eigenvalue weighted by Crippen LogP contribution is 2.36. The molecule has 3 nitrogen and oxygen atoms in total. The molecule has 1 aromatic heterocycles. The Morgan fingerprint density at radius 3 is 2.29 bits per heavy atom. The fourth-order valence-electron chi connectivity index (χ4n) is 3.47. The zero-order valence-electron chi connectivity index (χ0n) is 12.3. The summed E-state index contributed by atoms with van der Waals surface area (Å²) in [6.45, 7) is 4.77. The molecule has 21 heavy (non-hydrogen) atoms. The smallest absolute Gasteiger partial charge is 0.0831 e. The van der Waals surface area contributed by atoms with Crippen molar-refractivity contribution < 1.29 is 0 Å². The lowest BCUT2D eigenvalue weighted by Gasteiger charge is -2.25. The Hall–Kier alpha value is -1.55. The number of anilines is 2. The van der Waals surface area contributed by atoms with Gasteiger partial charge in [-0.2, -0.15) is 0 Å². The third-order valence-corrected chi connectivity index (χ3v) is 5.19. The summed E-state index contributed by atoms with van der Waals surface area (Å²) in [5.74, 6) is 0. The molecule has 2 aliphatic heterocycles. The van der Waals surface area contributed by atoms with E-state index in [4.69, 9.17) is 0 Å². The quantitative estimate of drug-likeness (QED) is 0.853. The highest BCUT2D eigenvalue weighted by atomic mass is 32.1. The van der Waals surface area contributed by atoms with Gasteiger partial charge < -0.3 is 9.80 Å². The van der Waals surface area contributed by atoms with Gasteiger partial charge in [-0.25, -0.2) is 4.98 Å². The van der Waals surface area contributed by atoms with Crippen LogP contribution in [0.25, 0.3) is 11.3 Å². The maximum absolute atomic E-state index is 4.52. The summed E-state index contributed by atoms with van der Waals surface area (Å²) in [6.07, 6.45) is 5.27. The number of thiazole rings is 1. The van der Waals surface area contributed by atoms with Gasteiger partial charge in [0, 0.05) is 48.5 Å². The molecule has 0 radical (unpaired) electrons. The molecule has 4 heteroatoms. The Morgan fingerprint density at radius 2 is 1.62 bits per heavy atom. The molecular weight excluding hydrogens is 278 g/mol. The molecule has 0 atom stereocenters. The maximum atomic E-state index is 4.52. The molecule has 110 valence electrons. The molecule has 0 N–H and O–H groups in total. The monoisotopic (exact) mass is 299 g/mol. The average Bonchev–Trinajstić information content (AvgIpc) is 3.28. The normalized spacial score (nSPS) is 18.7. The van der Waals surface area contributed by atoms with Crippen LogP contribution in [0.5, 0.6) is 0 Å². The van der Waals surface area contributed by atoms with E-state index in [1.807, 2.05) is 5.51 Å². The van der Waals surface area contributed by atoms with Gasteiger partial charge in [-0.05, 0) is 43.9 Å². The van der Waals surface area contributed by atoms with Crippen LogP contribution in [0, 0.1) is 0 Å². The zero-order chi connectivity index (χ0) is 14.1. The first kappa shape index (κ1) is 13.1. The number of hydrogen-bond acceptors (Lipinski definition) is 4. The maximum Gasteiger partial charge on any atom is 0.0831 e. The van der Waals surface area contributed by atoms with Crippen molar-refractivity contribution in [3.05, 3.63) is 29.1 Å². The number of hydrogen-bond donors (Lipinski definition) is 0. The van der Waals surface area contributed by atoms with E-state index in [0.717, 1.165) is 5.69 Å². The van der Waals surface area contributed by atoms with Gasteiger partial charge in [-0.1, -0.05) is 0 Å². The van der Waals surface area contributed by atoms with E-state index in [-0.39, 0.29) is 0 Å². The van der Waals surface area contributed by atoms with Gasteiger partial charge in [0.2, 0.25) is 0 Å². The zero-order valence-corrected chi connectivity index (χ0v) is 13.1. The summed E-state index contributed by atoms with van der Waals surface area (Å²) >= 11 is 1.68. The van der Waals surface area contributed by atoms with Crippen LogP contribution in [0.1, 0.15) is 25.7 Å². The van der Waals surface area contributed by atoms with Crippen molar-refractivity contribution in [2.45, 2.75) is 25.7 Å². The van der Waals surface area contributed by atoms with Crippen molar-refractivity contribution >= 4 is 22.7 Å². The second-order valence-corrected chi connectivity index (χ2v) is 6.68. The molecular formula is C17H21N3S. The molecule has 0 amide bonds. The van der Waals surface area contributed by atoms with Crippen molar-refractivity contribution in [2.24, 2.45) is 0 Å². The Morgan fingerprint density at radius 1 is 0.905 bits per heavy atom. The van der Waals surface area contributed by atoms with Crippen LogP contribution in [0.4, 0.5) is 11.4 Å². The summed E-state index contributed by atoms with van der Waals surface area (Å²) in [5, 5.41) is 2.16. The van der Waals surface area contributed by atoms with Crippen LogP contribution < -0.4 is 9.80 Å². The van der Waals surface area contributed by atoms with Crippen molar-refractivity contribution in [3.63, 3.8) is 0 Å². The summed E-state index contributed by atoms with van der Waals surface area (Å²) in [4.78, 5) is 9.58. The van der Waals surface area contributed by atoms with Crippen molar-refractivity contribution in [3.8, 4) is 11.3 Å². The second-order valence-electron chi connectivity index (χ2n) is 5.96. The predicted octanol–water partition coefficient (Wildman–Crippen LogP) is 4.01. The molecule has 0 saturated carbocycles. The van der Waals surface area contributed by atoms with Gasteiger partial charge in [0.1, 0.15) is 0 Å². The van der Waals surface area contributed by atoms with E-state index < -0.39 is 0 Å². The Bertz CT molecular complexity index is 597. The first-order chi connectivity index (χ1) is 10.4. The lowest BCUT2D eigenvalue weighted by atomic mass is 10.1. The third-order valence-electron chi connectivity index (χ3n) is 4.61. The molecule has 0 aliphatic carbocycles. The van der Waals surface area contributed by atoms with E-state index in [2.05, 4.69) is 38.4 Å². The Balaban J connectivity index is 1.75. The fraction of sp³-hybridized carbons (Fsp3) is 0.471. The summed E-state index contributed by atoms with van der Waals surface area (Å²) < 4.78 is 0. The van der Waals surface area contributed by atoms with Crippen LogP contribution in [0.2, 0.25) is 0 Å². The number of aromatic nitrogens is 1. The fourth-order valence-corrected chi connectivity index (χ4v) is 4.03. The van der Waals surface area contributed by atoms with Gasteiger partial charge >= 0.3 is 0 Å². The minimum Gasteiger partial charge on any atom is -0.371 e. The first-order valence-electron chi connectivity index (χ1n) is 7.94. The molecule has 3 heterocycles. The first-order valence-corrected chi connectivity index (χ1v) is 8.88. The average molecular weight is 299 g/mol. The number of nitrogens with zero attached hydrogens (tertiary/aromatic N) is 3. The lowest BCUT2D eigenvalue weighted by Crippen LogP contribution is -2.21. The molecule has 0 spiro atoms. The van der Waals surface area contributed by atoms with E-state index in [9.17, 15) is 0 Å². The minimum atomic E-state index is 1.12. The van der Waals surface area contributed by atoms with Crippen LogP contribution in [-0.4, -0.2) is 31.2 Å². The minimum absolute atomic E-state index is 1.12. The molecule has 2 aromatic rings. The Labute approximate surface area is 130 Å². The van der Waals surface area contributed by atoms with E-state index >= 15 is 0 Å². The molecule has 2 fully saturated rings. The van der Waals surface area contributed by atoms with Crippen LogP contribution in [0.3, 0.4) is 0 Å². The largest absolute Gasteiger partial charge is 0.371 e. The Kier molecular flexibility index (Phi) is 3.55. The second kappa shape index (κ2) is 5.68. The van der Waals surface area contributed by atoms with Gasteiger partial charge in [0.25, 0.3) is 0 Å². The predicted molar refractivity (Wildman–Crippen MR) is 90.4 cm³/mol. The summed E-state index contributed by atoms with van der Waals surface area (Å²) in [7, 11) is 0. The topological polar surface area (TPSA) is 19.4 Å². The summed E-state index contributed by atoms with van der Waals surface area (Å²) in [6, 6.07) is 6.95. The highest BCUT2D eigenvalue weighted by Gasteiger charge is 2.20.